The normalized spacial score (nSPS) is 19.9. The first kappa shape index (κ1) is 18.4. The van der Waals surface area contributed by atoms with Crippen LogP contribution in [-0.2, 0) is 10.0 Å². The number of nitriles is 1. The molecule has 0 amide bonds. The first-order chi connectivity index (χ1) is 12.4. The van der Waals surface area contributed by atoms with Gasteiger partial charge >= 0.3 is 0 Å². The third kappa shape index (κ3) is 3.74. The van der Waals surface area contributed by atoms with Crippen molar-refractivity contribution in [2.24, 2.45) is 5.92 Å². The van der Waals surface area contributed by atoms with E-state index < -0.39 is 10.0 Å². The molecule has 138 valence electrons. The molecule has 0 aromatic carbocycles. The van der Waals surface area contributed by atoms with Crippen LogP contribution in [0.15, 0.2) is 31.1 Å². The quantitative estimate of drug-likeness (QED) is 0.692. The zero-order chi connectivity index (χ0) is 18.7. The fraction of sp³-hybridized carbons (Fsp3) is 0.444. The molecule has 7 nitrogen and oxygen atoms in total. The molecule has 0 saturated heterocycles. The Kier molecular flexibility index (Phi) is 5.30. The molecule has 0 unspecified atom stereocenters. The molecule has 0 aliphatic heterocycles. The standard InChI is InChI=1S/C18H23N5O2S/c1-3-4-7-23(2)26(24,25)12-13-8-15(9-13)22-17-14(10-19)11-21-18-16(17)5-6-20-18/h3,5-6,11,13,15H,1,4,7-9,12H2,2H3,(H2,20,21,22)/t13-,15+. The summed E-state index contributed by atoms with van der Waals surface area (Å²) in [7, 11) is -1.62. The molecule has 3 rings (SSSR count). The first-order valence-electron chi connectivity index (χ1n) is 8.62. The molecule has 8 heteroatoms. The molecule has 0 bridgehead atoms. The summed E-state index contributed by atoms with van der Waals surface area (Å²) < 4.78 is 26.1. The van der Waals surface area contributed by atoms with Crippen LogP contribution in [0.3, 0.4) is 0 Å². The smallest absolute Gasteiger partial charge is 0.214 e. The number of fused-ring (bicyclic) bond motifs is 1. The van der Waals surface area contributed by atoms with Gasteiger partial charge in [0.2, 0.25) is 10.0 Å². The molecule has 0 spiro atoms. The molecule has 1 aliphatic carbocycles. The van der Waals surface area contributed by atoms with Crippen molar-refractivity contribution in [1.82, 2.24) is 14.3 Å². The molecule has 2 aromatic rings. The minimum atomic E-state index is -3.24. The lowest BCUT2D eigenvalue weighted by molar-refractivity contribution is 0.306. The van der Waals surface area contributed by atoms with Gasteiger partial charge in [-0.15, -0.1) is 6.58 Å². The topological polar surface area (TPSA) is 102 Å². The molecular formula is C18H23N5O2S. The van der Waals surface area contributed by atoms with Gasteiger partial charge in [-0.25, -0.2) is 17.7 Å². The van der Waals surface area contributed by atoms with Gasteiger partial charge in [0, 0.05) is 37.4 Å². The lowest BCUT2D eigenvalue weighted by atomic mass is 9.81. The van der Waals surface area contributed by atoms with Crippen molar-refractivity contribution in [3.8, 4) is 6.07 Å². The van der Waals surface area contributed by atoms with Crippen LogP contribution >= 0.6 is 0 Å². The van der Waals surface area contributed by atoms with E-state index in [0.717, 1.165) is 29.6 Å². The molecule has 0 atom stereocenters. The van der Waals surface area contributed by atoms with E-state index in [1.54, 1.807) is 25.5 Å². The predicted octanol–water partition coefficient (Wildman–Crippen LogP) is 2.46. The summed E-state index contributed by atoms with van der Waals surface area (Å²) in [6, 6.07) is 4.22. The number of nitrogens with one attached hydrogen (secondary N) is 2. The van der Waals surface area contributed by atoms with Gasteiger partial charge in [0.25, 0.3) is 0 Å². The van der Waals surface area contributed by atoms with Crippen molar-refractivity contribution < 1.29 is 8.42 Å². The highest BCUT2D eigenvalue weighted by molar-refractivity contribution is 7.89. The van der Waals surface area contributed by atoms with Crippen molar-refractivity contribution in [2.45, 2.75) is 25.3 Å². The fourth-order valence-corrected chi connectivity index (χ4v) is 4.79. The van der Waals surface area contributed by atoms with Crippen LogP contribution in [-0.4, -0.2) is 48.1 Å². The van der Waals surface area contributed by atoms with Crippen LogP contribution in [0.4, 0.5) is 5.69 Å². The number of anilines is 1. The number of hydrogen-bond donors (Lipinski definition) is 2. The summed E-state index contributed by atoms with van der Waals surface area (Å²) in [5, 5.41) is 13.6. The Morgan fingerprint density at radius 1 is 1.54 bits per heavy atom. The zero-order valence-electron chi connectivity index (χ0n) is 14.8. The second-order valence-corrected chi connectivity index (χ2v) is 8.88. The Labute approximate surface area is 153 Å². The SMILES string of the molecule is C=CCCN(C)S(=O)(=O)C[C@H]1C[C@@H](Nc2c(C#N)cnc3[nH]ccc23)C1. The summed E-state index contributed by atoms with van der Waals surface area (Å²) in [5.41, 5.74) is 2.00. The monoisotopic (exact) mass is 373 g/mol. The maximum absolute atomic E-state index is 12.4. The average Bonchev–Trinajstić information content (AvgIpc) is 3.06. The summed E-state index contributed by atoms with van der Waals surface area (Å²) in [4.78, 5) is 7.26. The van der Waals surface area contributed by atoms with Crippen molar-refractivity contribution in [3.63, 3.8) is 0 Å². The zero-order valence-corrected chi connectivity index (χ0v) is 15.6. The Morgan fingerprint density at radius 2 is 2.31 bits per heavy atom. The number of hydrogen-bond acceptors (Lipinski definition) is 5. The molecule has 2 N–H and O–H groups in total. The van der Waals surface area contributed by atoms with Gasteiger partial charge < -0.3 is 10.3 Å². The van der Waals surface area contributed by atoms with Crippen LogP contribution < -0.4 is 5.32 Å². The molecule has 1 fully saturated rings. The number of aromatic amines is 1. The number of nitrogens with zero attached hydrogens (tertiary/aromatic N) is 3. The minimum absolute atomic E-state index is 0.137. The highest BCUT2D eigenvalue weighted by Crippen LogP contribution is 2.34. The number of pyridine rings is 1. The van der Waals surface area contributed by atoms with Crippen LogP contribution in [0.1, 0.15) is 24.8 Å². The van der Waals surface area contributed by atoms with E-state index in [1.807, 2.05) is 6.07 Å². The van der Waals surface area contributed by atoms with Gasteiger partial charge in [-0.1, -0.05) is 6.08 Å². The predicted molar refractivity (Wildman–Crippen MR) is 102 cm³/mol. The van der Waals surface area contributed by atoms with E-state index in [4.69, 9.17) is 0 Å². The van der Waals surface area contributed by atoms with Crippen molar-refractivity contribution in [1.29, 1.82) is 5.26 Å². The number of rotatable bonds is 8. The summed E-state index contributed by atoms with van der Waals surface area (Å²) >= 11 is 0. The largest absolute Gasteiger partial charge is 0.381 e. The minimum Gasteiger partial charge on any atom is -0.381 e. The molecule has 2 heterocycles. The van der Waals surface area contributed by atoms with Crippen molar-refractivity contribution in [3.05, 3.63) is 36.7 Å². The maximum Gasteiger partial charge on any atom is 0.214 e. The van der Waals surface area contributed by atoms with Crippen molar-refractivity contribution in [2.75, 3.05) is 24.7 Å². The lowest BCUT2D eigenvalue weighted by Crippen LogP contribution is -2.42. The van der Waals surface area contributed by atoms with E-state index in [-0.39, 0.29) is 17.7 Å². The van der Waals surface area contributed by atoms with Crippen LogP contribution in [0.2, 0.25) is 0 Å². The van der Waals surface area contributed by atoms with E-state index in [9.17, 15) is 13.7 Å². The van der Waals surface area contributed by atoms with Crippen LogP contribution in [0.5, 0.6) is 0 Å². The van der Waals surface area contributed by atoms with Gasteiger partial charge in [-0.3, -0.25) is 0 Å². The van der Waals surface area contributed by atoms with E-state index in [0.29, 0.717) is 18.5 Å². The summed E-state index contributed by atoms with van der Waals surface area (Å²) in [6.07, 6.45) is 7.26. The fourth-order valence-electron chi connectivity index (χ4n) is 3.28. The molecule has 26 heavy (non-hydrogen) atoms. The molecule has 0 radical (unpaired) electrons. The second kappa shape index (κ2) is 7.48. The molecule has 1 aliphatic rings. The first-order valence-corrected chi connectivity index (χ1v) is 10.2. The van der Waals surface area contributed by atoms with Crippen LogP contribution in [0.25, 0.3) is 11.0 Å². The van der Waals surface area contributed by atoms with E-state index in [2.05, 4.69) is 27.9 Å². The molecule has 1 saturated carbocycles. The third-order valence-electron chi connectivity index (χ3n) is 4.86. The van der Waals surface area contributed by atoms with Gasteiger partial charge in [0.1, 0.15) is 11.7 Å². The highest BCUT2D eigenvalue weighted by atomic mass is 32.2. The van der Waals surface area contributed by atoms with E-state index in [1.165, 1.54) is 4.31 Å². The van der Waals surface area contributed by atoms with E-state index >= 15 is 0 Å². The van der Waals surface area contributed by atoms with Gasteiger partial charge in [-0.2, -0.15) is 5.26 Å². The third-order valence-corrected chi connectivity index (χ3v) is 6.89. The lowest BCUT2D eigenvalue weighted by Gasteiger charge is -2.37. The number of H-pyrrole nitrogens is 1. The Bertz CT molecular complexity index is 938. The second-order valence-electron chi connectivity index (χ2n) is 6.75. The van der Waals surface area contributed by atoms with Gasteiger partial charge in [-0.05, 0) is 31.2 Å². The Hall–Kier alpha value is -2.37. The number of sulfonamides is 1. The average molecular weight is 373 g/mol. The molecule has 2 aromatic heterocycles. The van der Waals surface area contributed by atoms with Gasteiger partial charge in [0.15, 0.2) is 0 Å². The van der Waals surface area contributed by atoms with Crippen LogP contribution in [0, 0.1) is 17.2 Å². The Morgan fingerprint density at radius 3 is 3.00 bits per heavy atom. The highest BCUT2D eigenvalue weighted by Gasteiger charge is 2.34. The Balaban J connectivity index is 1.61. The number of aromatic nitrogens is 2. The summed E-state index contributed by atoms with van der Waals surface area (Å²) in [5.74, 6) is 0.303. The molecular weight excluding hydrogens is 350 g/mol. The van der Waals surface area contributed by atoms with Gasteiger partial charge in [0.05, 0.1) is 17.0 Å². The summed E-state index contributed by atoms with van der Waals surface area (Å²) in [6.45, 7) is 4.09. The maximum atomic E-state index is 12.4. The van der Waals surface area contributed by atoms with Crippen molar-refractivity contribution >= 4 is 26.7 Å².